The van der Waals surface area contributed by atoms with Gasteiger partial charge in [0.1, 0.15) is 33.8 Å². The van der Waals surface area contributed by atoms with E-state index in [1.165, 1.54) is 21.9 Å². The van der Waals surface area contributed by atoms with E-state index in [-0.39, 0.29) is 56.3 Å². The molecule has 1 aliphatic carbocycles. The highest BCUT2D eigenvalue weighted by atomic mass is 32.2. The summed E-state index contributed by atoms with van der Waals surface area (Å²) in [6.45, 7) is 2.98. The number of thiophene rings is 1. The molecule has 4 heterocycles. The molecule has 0 radical (unpaired) electrons. The molecule has 19 heteroatoms. The topological polar surface area (TPSA) is 190 Å². The minimum Gasteiger partial charge on any atom is -0.444 e. The van der Waals surface area contributed by atoms with Gasteiger partial charge < -0.3 is 15.0 Å². The standard InChI is InChI=1S/C35H45FN5O10PS2/c1-3-49-52(46,50-4-2)38-33(44)35-19-24(35)13-8-6-5-7-9-15-28(39-54(47,48)30-16-11-17-53-30)32(43)41-21-25(18-29(41)31(42)37-35)51-34(45)40-20-23-12-10-14-27(36)26(23)22-40/h8,10-14,16-17,24-25,28-29,39H,3-7,9,15,18-22H2,1-2H3,(H,37,42)(H,38,44,46)/b13-8-/t24?,25-,28+,29+,35-/m1/s1. The van der Waals surface area contributed by atoms with Crippen molar-refractivity contribution in [3.8, 4) is 0 Å². The molecule has 2 aromatic rings. The Labute approximate surface area is 317 Å². The van der Waals surface area contributed by atoms with Gasteiger partial charge in [0.2, 0.25) is 11.8 Å². The van der Waals surface area contributed by atoms with Gasteiger partial charge in [-0.05, 0) is 62.6 Å². The van der Waals surface area contributed by atoms with Crippen LogP contribution in [-0.4, -0.2) is 85.5 Å². The van der Waals surface area contributed by atoms with Crippen LogP contribution in [0, 0.1) is 11.7 Å². The van der Waals surface area contributed by atoms with E-state index in [4.69, 9.17) is 13.8 Å². The lowest BCUT2D eigenvalue weighted by molar-refractivity contribution is -0.141. The Morgan fingerprint density at radius 3 is 2.57 bits per heavy atom. The highest BCUT2D eigenvalue weighted by molar-refractivity contribution is 7.91. The fourth-order valence-electron chi connectivity index (χ4n) is 7.20. The monoisotopic (exact) mass is 809 g/mol. The number of nitrogens with one attached hydrogen (secondary N) is 3. The quantitative estimate of drug-likeness (QED) is 0.230. The summed E-state index contributed by atoms with van der Waals surface area (Å²) >= 11 is 0.994. The highest BCUT2D eigenvalue weighted by Crippen LogP contribution is 2.50. The van der Waals surface area contributed by atoms with E-state index in [1.807, 2.05) is 12.2 Å². The first kappa shape index (κ1) is 40.0. The maximum Gasteiger partial charge on any atom is 0.434 e. The molecule has 1 aromatic heterocycles. The van der Waals surface area contributed by atoms with E-state index in [2.05, 4.69) is 15.1 Å². The molecule has 2 fully saturated rings. The second-order valence-corrected chi connectivity index (χ2v) is 18.3. The molecule has 1 saturated carbocycles. The number of allylic oxidation sites excluding steroid dienone is 1. The van der Waals surface area contributed by atoms with Crippen LogP contribution in [-0.2, 0) is 55.8 Å². The zero-order valence-corrected chi connectivity index (χ0v) is 32.6. The van der Waals surface area contributed by atoms with Crippen molar-refractivity contribution in [1.82, 2.24) is 24.9 Å². The second-order valence-electron chi connectivity index (χ2n) is 13.7. The summed E-state index contributed by atoms with van der Waals surface area (Å²) in [6.07, 6.45) is 4.58. The Morgan fingerprint density at radius 1 is 1.09 bits per heavy atom. The first-order valence-electron chi connectivity index (χ1n) is 18.1. The number of carbonyl (C=O) groups excluding carboxylic acids is 4. The van der Waals surface area contributed by atoms with Gasteiger partial charge in [0.25, 0.3) is 15.9 Å². The third kappa shape index (κ3) is 8.74. The van der Waals surface area contributed by atoms with Crippen LogP contribution in [0.15, 0.2) is 52.1 Å². The molecule has 1 saturated heterocycles. The zero-order chi connectivity index (χ0) is 38.7. The summed E-state index contributed by atoms with van der Waals surface area (Å²) in [5, 5.41) is 6.78. The van der Waals surface area contributed by atoms with Crippen LogP contribution >= 0.6 is 19.1 Å². The lowest BCUT2D eigenvalue weighted by atomic mass is 10.1. The zero-order valence-electron chi connectivity index (χ0n) is 30.0. The molecular formula is C35H45FN5O10PS2. The van der Waals surface area contributed by atoms with Crippen molar-refractivity contribution in [1.29, 1.82) is 0 Å². The number of carbonyl (C=O) groups is 4. The number of hydrogen-bond acceptors (Lipinski definition) is 11. The van der Waals surface area contributed by atoms with E-state index < -0.39 is 77.0 Å². The summed E-state index contributed by atoms with van der Waals surface area (Å²) in [5.74, 6) is -3.16. The van der Waals surface area contributed by atoms with E-state index in [1.54, 1.807) is 37.4 Å². The first-order chi connectivity index (χ1) is 25.8. The molecule has 6 rings (SSSR count). The number of nitrogens with zero attached hydrogens (tertiary/aromatic N) is 2. The number of sulfonamides is 1. The average Bonchev–Trinajstić information content (AvgIpc) is 3.59. The fraction of sp³-hybridized carbons (Fsp3) is 0.543. The van der Waals surface area contributed by atoms with Gasteiger partial charge in [0, 0.05) is 24.4 Å². The molecule has 4 aliphatic rings. The Hall–Kier alpha value is -3.67. The van der Waals surface area contributed by atoms with Crippen molar-refractivity contribution in [3.05, 3.63) is 64.8 Å². The molecule has 3 N–H and O–H groups in total. The van der Waals surface area contributed by atoms with Gasteiger partial charge in [-0.25, -0.2) is 22.2 Å². The van der Waals surface area contributed by atoms with Gasteiger partial charge in [-0.15, -0.1) is 11.3 Å². The van der Waals surface area contributed by atoms with E-state index in [9.17, 15) is 36.6 Å². The molecule has 3 aliphatic heterocycles. The summed E-state index contributed by atoms with van der Waals surface area (Å²) in [4.78, 5) is 58.5. The van der Waals surface area contributed by atoms with Crippen molar-refractivity contribution >= 4 is 52.9 Å². The van der Waals surface area contributed by atoms with Gasteiger partial charge in [-0.1, -0.05) is 43.2 Å². The lowest BCUT2D eigenvalue weighted by Crippen LogP contribution is -2.57. The average molecular weight is 810 g/mol. The Balaban J connectivity index is 1.28. The molecule has 1 aromatic carbocycles. The molecule has 0 spiro atoms. The van der Waals surface area contributed by atoms with Crippen LogP contribution in [0.4, 0.5) is 9.18 Å². The van der Waals surface area contributed by atoms with Crippen molar-refractivity contribution in [2.75, 3.05) is 19.8 Å². The van der Waals surface area contributed by atoms with Gasteiger partial charge >= 0.3 is 13.8 Å². The maximum absolute atomic E-state index is 14.5. The van der Waals surface area contributed by atoms with E-state index in [0.717, 1.165) is 11.3 Å². The molecule has 0 bridgehead atoms. The van der Waals surface area contributed by atoms with Crippen molar-refractivity contribution in [2.45, 2.75) is 99.8 Å². The third-order valence-corrected chi connectivity index (χ3v) is 14.5. The van der Waals surface area contributed by atoms with Gasteiger partial charge in [-0.3, -0.25) is 33.4 Å². The van der Waals surface area contributed by atoms with Gasteiger partial charge in [-0.2, -0.15) is 4.72 Å². The Kier molecular flexibility index (Phi) is 12.3. The number of hydrogen-bond donors (Lipinski definition) is 3. The van der Waals surface area contributed by atoms with Crippen molar-refractivity contribution in [3.63, 3.8) is 0 Å². The number of rotatable bonds is 10. The summed E-state index contributed by atoms with van der Waals surface area (Å²) < 4.78 is 73.5. The molecular weight excluding hydrogens is 765 g/mol. The molecule has 4 amide bonds. The second kappa shape index (κ2) is 16.6. The SMILES string of the molecule is CCOP(=O)(NC(=O)[C@@]12CC1/C=C\CCCCC[C@H](NS(=O)(=O)c1cccs1)C(=O)N1C[C@H](OC(=O)N3Cc4cccc(F)c4C3)C[C@H]1C(=O)N2)OCC. The molecule has 294 valence electrons. The largest absolute Gasteiger partial charge is 0.444 e. The maximum atomic E-state index is 14.5. The molecule has 5 atom stereocenters. The van der Waals surface area contributed by atoms with E-state index in [0.29, 0.717) is 36.8 Å². The van der Waals surface area contributed by atoms with Crippen LogP contribution in [0.25, 0.3) is 0 Å². The first-order valence-corrected chi connectivity index (χ1v) is 22.0. The predicted octanol–water partition coefficient (Wildman–Crippen LogP) is 4.35. The summed E-state index contributed by atoms with van der Waals surface area (Å²) in [5.41, 5.74) is -0.553. The number of ether oxygens (including phenoxy) is 1. The number of fused-ring (bicyclic) bond motifs is 3. The van der Waals surface area contributed by atoms with Gasteiger partial charge in [0.05, 0.1) is 26.3 Å². The van der Waals surface area contributed by atoms with Gasteiger partial charge in [0.15, 0.2) is 0 Å². The van der Waals surface area contributed by atoms with Crippen molar-refractivity contribution in [2.24, 2.45) is 5.92 Å². The number of amides is 4. The summed E-state index contributed by atoms with van der Waals surface area (Å²) in [6, 6.07) is 5.04. The van der Waals surface area contributed by atoms with E-state index >= 15 is 0 Å². The van der Waals surface area contributed by atoms with Crippen LogP contribution in [0.5, 0.6) is 0 Å². The fourth-order valence-corrected chi connectivity index (χ4v) is 10.8. The van der Waals surface area contributed by atoms with Crippen LogP contribution < -0.4 is 15.1 Å². The predicted molar refractivity (Wildman–Crippen MR) is 195 cm³/mol. The Bertz CT molecular complexity index is 1920. The minimum atomic E-state index is -4.12. The number of halogens is 1. The highest BCUT2D eigenvalue weighted by Gasteiger charge is 2.62. The summed E-state index contributed by atoms with van der Waals surface area (Å²) in [7, 11) is -8.20. The number of benzene rings is 1. The normalized spacial score (nSPS) is 26.8. The third-order valence-electron chi connectivity index (χ3n) is 9.99. The van der Waals surface area contributed by atoms with Crippen LogP contribution in [0.1, 0.15) is 69.9 Å². The van der Waals surface area contributed by atoms with Crippen molar-refractivity contribution < 1.29 is 50.3 Å². The molecule has 54 heavy (non-hydrogen) atoms. The van der Waals surface area contributed by atoms with Crippen LogP contribution in [0.2, 0.25) is 0 Å². The van der Waals surface area contributed by atoms with Crippen LogP contribution in [0.3, 0.4) is 0 Å². The molecule has 15 nitrogen and oxygen atoms in total. The minimum absolute atomic E-state index is 0.0185. The Morgan fingerprint density at radius 2 is 1.87 bits per heavy atom. The lowest BCUT2D eigenvalue weighted by Gasteiger charge is -2.30. The smallest absolute Gasteiger partial charge is 0.434 e. The molecule has 1 unspecified atom stereocenters.